The Bertz CT molecular complexity index is 937. The highest BCUT2D eigenvalue weighted by Crippen LogP contribution is 2.21. The lowest BCUT2D eigenvalue weighted by molar-refractivity contribution is -0.120. The third-order valence-corrected chi connectivity index (χ3v) is 6.92. The van der Waals surface area contributed by atoms with Gasteiger partial charge in [0.15, 0.2) is 0 Å². The maximum absolute atomic E-state index is 12.7. The normalized spacial score (nSPS) is 15.1. The van der Waals surface area contributed by atoms with Crippen LogP contribution in [0.5, 0.6) is 0 Å². The molecule has 0 spiro atoms. The average Bonchev–Trinajstić information content (AvgIpc) is 2.73. The van der Waals surface area contributed by atoms with Gasteiger partial charge < -0.3 is 10.2 Å². The Morgan fingerprint density at radius 1 is 1.10 bits per heavy atom. The smallest absolute Gasteiger partial charge is 0.243 e. The molecule has 0 saturated carbocycles. The second-order valence-electron chi connectivity index (χ2n) is 7.44. The molecule has 1 saturated heterocycles. The van der Waals surface area contributed by atoms with E-state index in [4.69, 9.17) is 0 Å². The molecular weight excluding hydrogens is 388 g/mol. The SMILES string of the molecule is CN(C)c1ncccc1CNC(=O)Cc1ccc(S(=O)(=O)N2CCCCC2)cc1. The van der Waals surface area contributed by atoms with Crippen molar-refractivity contribution < 1.29 is 13.2 Å². The van der Waals surface area contributed by atoms with Crippen LogP contribution in [-0.2, 0) is 27.8 Å². The predicted octanol–water partition coefficient (Wildman–Crippen LogP) is 2.18. The zero-order chi connectivity index (χ0) is 20.9. The largest absolute Gasteiger partial charge is 0.362 e. The molecule has 1 aromatic carbocycles. The molecule has 0 bridgehead atoms. The Morgan fingerprint density at radius 3 is 2.45 bits per heavy atom. The van der Waals surface area contributed by atoms with Crippen LogP contribution < -0.4 is 10.2 Å². The lowest BCUT2D eigenvalue weighted by Crippen LogP contribution is -2.35. The van der Waals surface area contributed by atoms with Crippen molar-refractivity contribution >= 4 is 21.7 Å². The first-order chi connectivity index (χ1) is 13.9. The maximum atomic E-state index is 12.7. The predicted molar refractivity (Wildman–Crippen MR) is 113 cm³/mol. The van der Waals surface area contributed by atoms with Crippen LogP contribution in [0, 0.1) is 0 Å². The van der Waals surface area contributed by atoms with Crippen LogP contribution in [0.2, 0.25) is 0 Å². The average molecular weight is 417 g/mol. The Kier molecular flexibility index (Phi) is 6.87. The zero-order valence-corrected chi connectivity index (χ0v) is 17.8. The summed E-state index contributed by atoms with van der Waals surface area (Å²) in [6.45, 7) is 1.55. The molecule has 1 amide bonds. The summed E-state index contributed by atoms with van der Waals surface area (Å²) in [6, 6.07) is 10.4. The quantitative estimate of drug-likeness (QED) is 0.748. The molecule has 3 rings (SSSR count). The second kappa shape index (κ2) is 9.37. The van der Waals surface area contributed by atoms with Crippen molar-refractivity contribution in [2.75, 3.05) is 32.1 Å². The van der Waals surface area contributed by atoms with Crippen LogP contribution in [0.25, 0.3) is 0 Å². The molecule has 1 aromatic heterocycles. The van der Waals surface area contributed by atoms with E-state index in [-0.39, 0.29) is 17.2 Å². The molecule has 156 valence electrons. The van der Waals surface area contributed by atoms with Gasteiger partial charge in [-0.2, -0.15) is 4.31 Å². The standard InChI is InChI=1S/C21H28N4O3S/c1-24(2)21-18(7-6-12-22-21)16-23-20(26)15-17-8-10-19(11-9-17)29(27,28)25-13-4-3-5-14-25/h6-12H,3-5,13-16H2,1-2H3,(H,23,26). The monoisotopic (exact) mass is 416 g/mol. The summed E-state index contributed by atoms with van der Waals surface area (Å²) in [6.07, 6.45) is 4.81. The van der Waals surface area contributed by atoms with Gasteiger partial charge in [0.1, 0.15) is 5.82 Å². The van der Waals surface area contributed by atoms with E-state index in [1.165, 1.54) is 0 Å². The van der Waals surface area contributed by atoms with Crippen molar-refractivity contribution in [3.05, 3.63) is 53.7 Å². The van der Waals surface area contributed by atoms with Crippen LogP contribution in [0.15, 0.2) is 47.5 Å². The van der Waals surface area contributed by atoms with E-state index in [1.807, 2.05) is 31.1 Å². The highest BCUT2D eigenvalue weighted by molar-refractivity contribution is 7.89. The Labute approximate surface area is 172 Å². The molecule has 2 aromatic rings. The Morgan fingerprint density at radius 2 is 1.79 bits per heavy atom. The number of rotatable bonds is 7. The van der Waals surface area contributed by atoms with Gasteiger partial charge in [-0.1, -0.05) is 24.6 Å². The van der Waals surface area contributed by atoms with Crippen molar-refractivity contribution in [2.45, 2.75) is 37.1 Å². The number of hydrogen-bond donors (Lipinski definition) is 1. The number of carbonyl (C=O) groups is 1. The first kappa shape index (κ1) is 21.3. The number of amides is 1. The van der Waals surface area contributed by atoms with Crippen molar-refractivity contribution in [1.82, 2.24) is 14.6 Å². The van der Waals surface area contributed by atoms with Crippen LogP contribution in [0.3, 0.4) is 0 Å². The summed E-state index contributed by atoms with van der Waals surface area (Å²) in [4.78, 5) is 18.8. The second-order valence-corrected chi connectivity index (χ2v) is 9.38. The number of anilines is 1. The number of benzene rings is 1. The fourth-order valence-electron chi connectivity index (χ4n) is 3.45. The van der Waals surface area contributed by atoms with Crippen LogP contribution in [0.4, 0.5) is 5.82 Å². The molecule has 1 N–H and O–H groups in total. The number of carbonyl (C=O) groups excluding carboxylic acids is 1. The van der Waals surface area contributed by atoms with E-state index >= 15 is 0 Å². The van der Waals surface area contributed by atoms with Gasteiger partial charge in [-0.25, -0.2) is 13.4 Å². The van der Waals surface area contributed by atoms with Gasteiger partial charge in [-0.15, -0.1) is 0 Å². The van der Waals surface area contributed by atoms with E-state index in [1.54, 1.807) is 34.8 Å². The number of aromatic nitrogens is 1. The van der Waals surface area contributed by atoms with Gasteiger partial charge in [-0.05, 0) is 36.6 Å². The van der Waals surface area contributed by atoms with Crippen LogP contribution in [0.1, 0.15) is 30.4 Å². The Hall–Kier alpha value is -2.45. The maximum Gasteiger partial charge on any atom is 0.243 e. The molecule has 0 radical (unpaired) electrons. The number of piperidine rings is 1. The minimum Gasteiger partial charge on any atom is -0.362 e. The minimum absolute atomic E-state index is 0.120. The fourth-order valence-corrected chi connectivity index (χ4v) is 4.96. The molecule has 1 aliphatic heterocycles. The lowest BCUT2D eigenvalue weighted by atomic mass is 10.1. The highest BCUT2D eigenvalue weighted by Gasteiger charge is 2.25. The molecule has 0 unspecified atom stereocenters. The number of pyridine rings is 1. The van der Waals surface area contributed by atoms with Gasteiger partial charge in [0.25, 0.3) is 0 Å². The highest BCUT2D eigenvalue weighted by atomic mass is 32.2. The number of nitrogens with zero attached hydrogens (tertiary/aromatic N) is 3. The lowest BCUT2D eigenvalue weighted by Gasteiger charge is -2.25. The summed E-state index contributed by atoms with van der Waals surface area (Å²) < 4.78 is 27.0. The van der Waals surface area contributed by atoms with Gasteiger partial charge in [0, 0.05) is 45.5 Å². The summed E-state index contributed by atoms with van der Waals surface area (Å²) >= 11 is 0. The van der Waals surface area contributed by atoms with E-state index < -0.39 is 10.0 Å². The van der Waals surface area contributed by atoms with Gasteiger partial charge in [-0.3, -0.25) is 4.79 Å². The molecule has 1 fully saturated rings. The van der Waals surface area contributed by atoms with E-state index in [9.17, 15) is 13.2 Å². The van der Waals surface area contributed by atoms with Gasteiger partial charge in [0.2, 0.25) is 15.9 Å². The topological polar surface area (TPSA) is 82.6 Å². The molecule has 0 aliphatic carbocycles. The molecule has 29 heavy (non-hydrogen) atoms. The Balaban J connectivity index is 1.59. The number of sulfonamides is 1. The van der Waals surface area contributed by atoms with Crippen molar-refractivity contribution in [3.8, 4) is 0 Å². The molecule has 8 heteroatoms. The first-order valence-corrected chi connectivity index (χ1v) is 11.3. The van der Waals surface area contributed by atoms with Gasteiger partial charge >= 0.3 is 0 Å². The molecule has 7 nitrogen and oxygen atoms in total. The summed E-state index contributed by atoms with van der Waals surface area (Å²) in [5, 5.41) is 2.91. The molecule has 2 heterocycles. The van der Waals surface area contributed by atoms with Crippen LogP contribution in [-0.4, -0.2) is 50.8 Å². The molecular formula is C21H28N4O3S. The summed E-state index contributed by atoms with van der Waals surface area (Å²) in [7, 11) is 0.374. The van der Waals surface area contributed by atoms with Crippen molar-refractivity contribution in [3.63, 3.8) is 0 Å². The summed E-state index contributed by atoms with van der Waals surface area (Å²) in [5.74, 6) is 0.699. The fraction of sp³-hybridized carbons (Fsp3) is 0.429. The first-order valence-electron chi connectivity index (χ1n) is 9.85. The third-order valence-electron chi connectivity index (χ3n) is 5.01. The van der Waals surface area contributed by atoms with Gasteiger partial charge in [0.05, 0.1) is 11.3 Å². The van der Waals surface area contributed by atoms with Crippen molar-refractivity contribution in [2.24, 2.45) is 0 Å². The summed E-state index contributed by atoms with van der Waals surface area (Å²) in [5.41, 5.74) is 1.72. The van der Waals surface area contributed by atoms with E-state index in [0.29, 0.717) is 19.6 Å². The molecule has 0 atom stereocenters. The number of nitrogens with one attached hydrogen (secondary N) is 1. The minimum atomic E-state index is -3.45. The molecule has 1 aliphatic rings. The van der Waals surface area contributed by atoms with E-state index in [2.05, 4.69) is 10.3 Å². The third kappa shape index (κ3) is 5.33. The van der Waals surface area contributed by atoms with E-state index in [0.717, 1.165) is 36.2 Å². The number of hydrogen-bond acceptors (Lipinski definition) is 5. The zero-order valence-electron chi connectivity index (χ0n) is 17.0. The van der Waals surface area contributed by atoms with Crippen molar-refractivity contribution in [1.29, 1.82) is 0 Å². The van der Waals surface area contributed by atoms with Crippen LogP contribution >= 0.6 is 0 Å².